The topological polar surface area (TPSA) is 132 Å². The number of alkyl halides is 5. The number of amides is 1. The number of pyridine rings is 1. The third-order valence-corrected chi connectivity index (χ3v) is 7.48. The summed E-state index contributed by atoms with van der Waals surface area (Å²) in [5.74, 6) is -4.27. The van der Waals surface area contributed by atoms with Crippen LogP contribution in [0.1, 0.15) is 49.9 Å². The number of anilines is 1. The van der Waals surface area contributed by atoms with Crippen LogP contribution >= 0.6 is 11.6 Å². The van der Waals surface area contributed by atoms with Gasteiger partial charge < -0.3 is 10.4 Å². The summed E-state index contributed by atoms with van der Waals surface area (Å²) < 4.78 is 76.8. The van der Waals surface area contributed by atoms with Crippen LogP contribution in [0.25, 0.3) is 22.5 Å². The Labute approximate surface area is 261 Å². The molecule has 0 aliphatic carbocycles. The number of aryl methyl sites for hydroxylation is 1. The van der Waals surface area contributed by atoms with Gasteiger partial charge in [0.05, 0.1) is 46.4 Å². The van der Waals surface area contributed by atoms with E-state index in [-0.39, 0.29) is 22.5 Å². The highest BCUT2D eigenvalue weighted by atomic mass is 35.5. The van der Waals surface area contributed by atoms with E-state index in [0.29, 0.717) is 36.3 Å². The molecular formula is C29H25ClF6N6O4. The number of aliphatic carboxylic acids is 1. The molecule has 2 atom stereocenters. The van der Waals surface area contributed by atoms with Crippen molar-refractivity contribution in [3.8, 4) is 22.5 Å². The fraction of sp³-hybridized carbons (Fsp3) is 0.310. The Bertz CT molecular complexity index is 1830. The molecule has 4 aromatic rings. The molecule has 0 unspecified atom stereocenters. The number of nitrogens with one attached hydrogen (secondary N) is 1. The summed E-state index contributed by atoms with van der Waals surface area (Å²) in [7, 11) is 1.76. The minimum Gasteiger partial charge on any atom is -0.475 e. The number of carboxylic acid groups (broad SMARTS) is 1. The zero-order chi connectivity index (χ0) is 33.9. The molecule has 0 saturated heterocycles. The van der Waals surface area contributed by atoms with Gasteiger partial charge in [-0.1, -0.05) is 31.0 Å². The van der Waals surface area contributed by atoms with Gasteiger partial charge in [-0.15, -0.1) is 0 Å². The van der Waals surface area contributed by atoms with Crippen molar-refractivity contribution in [2.24, 2.45) is 13.0 Å². The highest BCUT2D eigenvalue weighted by Crippen LogP contribution is 2.36. The first-order chi connectivity index (χ1) is 21.6. The maximum Gasteiger partial charge on any atom is 0.490 e. The second-order valence-corrected chi connectivity index (χ2v) is 10.7. The summed E-state index contributed by atoms with van der Waals surface area (Å²) in [6.45, 7) is 1.83. The molecule has 0 saturated carbocycles. The van der Waals surface area contributed by atoms with Crippen LogP contribution in [-0.2, 0) is 16.6 Å². The number of carbonyl (C=O) groups is 2. The molecule has 1 aliphatic heterocycles. The smallest absolute Gasteiger partial charge is 0.475 e. The lowest BCUT2D eigenvalue weighted by Gasteiger charge is -2.22. The van der Waals surface area contributed by atoms with Gasteiger partial charge in [0.25, 0.3) is 12.0 Å². The van der Waals surface area contributed by atoms with Crippen LogP contribution in [0, 0.1) is 11.7 Å². The van der Waals surface area contributed by atoms with Crippen molar-refractivity contribution in [1.29, 1.82) is 0 Å². The number of nitrogens with zero attached hydrogens (tertiary/aromatic N) is 5. The first-order valence-electron chi connectivity index (χ1n) is 13.5. The Morgan fingerprint density at radius 2 is 1.83 bits per heavy atom. The molecule has 1 aliphatic rings. The highest BCUT2D eigenvalue weighted by molar-refractivity contribution is 6.31. The highest BCUT2D eigenvalue weighted by Gasteiger charge is 2.38. The predicted octanol–water partition coefficient (Wildman–Crippen LogP) is 6.42. The molecule has 244 valence electrons. The Morgan fingerprint density at radius 3 is 2.46 bits per heavy atom. The minimum atomic E-state index is -5.08. The molecule has 46 heavy (non-hydrogen) atoms. The zero-order valence-corrected chi connectivity index (χ0v) is 24.8. The molecule has 0 fully saturated rings. The number of hydrogen-bond acceptors (Lipinski definition) is 6. The Hall–Kier alpha value is -4.73. The fourth-order valence-corrected chi connectivity index (χ4v) is 5.03. The Morgan fingerprint density at radius 1 is 1.13 bits per heavy atom. The van der Waals surface area contributed by atoms with E-state index in [0.717, 1.165) is 23.8 Å². The summed E-state index contributed by atoms with van der Waals surface area (Å²) in [5, 5.41) is 14.0. The number of fused-ring (bicyclic) bond motifs is 4. The molecule has 2 bridgehead atoms. The molecule has 2 N–H and O–H groups in total. The van der Waals surface area contributed by atoms with E-state index in [4.69, 9.17) is 21.5 Å². The molecule has 10 nitrogen and oxygen atoms in total. The van der Waals surface area contributed by atoms with E-state index in [2.05, 4.69) is 20.4 Å². The second-order valence-electron chi connectivity index (χ2n) is 10.3. The number of aromatic nitrogens is 5. The number of carbonyl (C=O) groups excluding carboxylic acids is 1. The third kappa shape index (κ3) is 7.38. The summed E-state index contributed by atoms with van der Waals surface area (Å²) >= 11 is 5.85. The van der Waals surface area contributed by atoms with E-state index < -0.39 is 47.1 Å². The average molecular weight is 671 g/mol. The average Bonchev–Trinajstić information content (AvgIpc) is 3.35. The van der Waals surface area contributed by atoms with Crippen LogP contribution in [0.3, 0.4) is 0 Å². The first kappa shape index (κ1) is 34.1. The van der Waals surface area contributed by atoms with Crippen LogP contribution in [0.5, 0.6) is 0 Å². The summed E-state index contributed by atoms with van der Waals surface area (Å²) in [6, 6.07) is 6.10. The molecule has 0 spiro atoms. The van der Waals surface area contributed by atoms with Crippen molar-refractivity contribution in [2.75, 3.05) is 5.32 Å². The quantitative estimate of drug-likeness (QED) is 0.241. The summed E-state index contributed by atoms with van der Waals surface area (Å²) in [4.78, 5) is 43.8. The number of benzene rings is 1. The van der Waals surface area contributed by atoms with Crippen molar-refractivity contribution in [3.05, 3.63) is 81.5 Å². The van der Waals surface area contributed by atoms with Gasteiger partial charge in [0, 0.05) is 41.9 Å². The monoisotopic (exact) mass is 670 g/mol. The van der Waals surface area contributed by atoms with E-state index in [9.17, 15) is 35.9 Å². The summed E-state index contributed by atoms with van der Waals surface area (Å²) in [5.41, 5.74) is 0.597. The van der Waals surface area contributed by atoms with Crippen LogP contribution in [-0.4, -0.2) is 47.5 Å². The maximum absolute atomic E-state index is 14.8. The lowest BCUT2D eigenvalue weighted by molar-refractivity contribution is -0.192. The van der Waals surface area contributed by atoms with Gasteiger partial charge in [-0.3, -0.25) is 23.8 Å². The van der Waals surface area contributed by atoms with Crippen LogP contribution in [0.4, 0.5) is 32.0 Å². The van der Waals surface area contributed by atoms with Crippen LogP contribution < -0.4 is 10.9 Å². The second kappa shape index (κ2) is 13.7. The number of halogens is 7. The normalized spacial score (nSPS) is 16.8. The van der Waals surface area contributed by atoms with Crippen molar-refractivity contribution < 1.29 is 41.0 Å². The van der Waals surface area contributed by atoms with Gasteiger partial charge in [0.1, 0.15) is 0 Å². The standard InChI is InChI=1S/C27H24ClF3N6O2.C2HF3O2/c1-14-4-3-5-21(18-10-15(8-9-32-18)25-20(35-27(14)39)12-34-36(25)2)37-13-33-19(11-22(37)38)23-16(26(30)31)6-7-17(28)24(23)29;3-2(4,5)1(6)7/h6-14,21,26H,3-5H2,1-2H3,(H,35,39);(H,6,7)/t14-,21+;/m1./s1. The molecule has 1 amide bonds. The molecule has 3 aromatic heterocycles. The zero-order valence-electron chi connectivity index (χ0n) is 24.0. The fourth-order valence-electron chi connectivity index (χ4n) is 4.87. The maximum atomic E-state index is 14.8. The largest absolute Gasteiger partial charge is 0.490 e. The number of carboxylic acids is 1. The molecule has 5 rings (SSSR count). The van der Waals surface area contributed by atoms with Crippen molar-refractivity contribution in [1.82, 2.24) is 24.3 Å². The van der Waals surface area contributed by atoms with E-state index >= 15 is 0 Å². The molecule has 1 aromatic carbocycles. The Balaban J connectivity index is 0.000000617. The van der Waals surface area contributed by atoms with E-state index in [1.54, 1.807) is 30.2 Å². The van der Waals surface area contributed by atoms with Gasteiger partial charge in [-0.2, -0.15) is 18.3 Å². The number of rotatable bonds is 3. The lowest BCUT2D eigenvalue weighted by Crippen LogP contribution is -2.27. The van der Waals surface area contributed by atoms with Gasteiger partial charge >= 0.3 is 12.1 Å². The van der Waals surface area contributed by atoms with Gasteiger partial charge in [0.15, 0.2) is 5.82 Å². The molecule has 17 heteroatoms. The lowest BCUT2D eigenvalue weighted by atomic mass is 9.97. The number of hydrogen-bond donors (Lipinski definition) is 2. The van der Waals surface area contributed by atoms with Crippen LogP contribution in [0.15, 0.2) is 53.8 Å². The minimum absolute atomic E-state index is 0.141. The van der Waals surface area contributed by atoms with Crippen LogP contribution in [0.2, 0.25) is 5.02 Å². The van der Waals surface area contributed by atoms with Gasteiger partial charge in [-0.05, 0) is 31.0 Å². The third-order valence-electron chi connectivity index (χ3n) is 7.19. The SMILES string of the molecule is C[C@@H]1CCC[C@H](n2cnc(-c3c(C(F)F)ccc(Cl)c3F)cc2=O)c2cc(ccn2)-c2c(cnn2C)NC1=O.O=C(O)C(F)(F)F. The predicted molar refractivity (Wildman–Crippen MR) is 154 cm³/mol. The van der Waals surface area contributed by atoms with Crippen molar-refractivity contribution in [3.63, 3.8) is 0 Å². The Kier molecular flexibility index (Phi) is 10.2. The first-order valence-corrected chi connectivity index (χ1v) is 13.9. The molecular weight excluding hydrogens is 646 g/mol. The van der Waals surface area contributed by atoms with Crippen molar-refractivity contribution >= 4 is 29.2 Å². The van der Waals surface area contributed by atoms with Gasteiger partial charge in [0.2, 0.25) is 5.91 Å². The van der Waals surface area contributed by atoms with Gasteiger partial charge in [-0.25, -0.2) is 22.9 Å². The summed E-state index contributed by atoms with van der Waals surface area (Å²) in [6.07, 6.45) is -2.11. The van der Waals surface area contributed by atoms with Crippen molar-refractivity contribution in [2.45, 2.75) is 44.8 Å². The molecule has 0 radical (unpaired) electrons. The molecule has 4 heterocycles. The van der Waals surface area contributed by atoms with E-state index in [1.165, 1.54) is 10.9 Å². The van der Waals surface area contributed by atoms with E-state index in [1.807, 2.05) is 13.0 Å².